The number of nitrogens with zero attached hydrogens (tertiary/aromatic N) is 4. The summed E-state index contributed by atoms with van der Waals surface area (Å²) in [6.45, 7) is 31.0. The molecule has 9 aromatic rings. The van der Waals surface area contributed by atoms with Crippen LogP contribution >= 0.6 is 0 Å². The van der Waals surface area contributed by atoms with Crippen LogP contribution in [0.3, 0.4) is 0 Å². The molecule has 0 amide bonds. The van der Waals surface area contributed by atoms with E-state index in [4.69, 9.17) is 85.6 Å². The molecule has 126 heavy (non-hydrogen) atoms. The Labute approximate surface area is 745 Å². The molecule has 0 aliphatic carbocycles. The maximum atomic E-state index is 14.4. The molecule has 25 heteroatoms. The fourth-order valence-electron chi connectivity index (χ4n) is 15.3. The van der Waals surface area contributed by atoms with E-state index in [1.807, 2.05) is 124 Å². The lowest BCUT2D eigenvalue weighted by Gasteiger charge is -2.37. The molecule has 11 rings (SSSR count). The topological polar surface area (TPSA) is 259 Å². The average Bonchev–Trinajstić information content (AvgIpc) is 0.784. The Morgan fingerprint density at radius 3 is 1.11 bits per heavy atom. The minimum Gasteiger partial charge on any atom is -0.491 e. The van der Waals surface area contributed by atoms with Crippen molar-refractivity contribution in [3.63, 3.8) is 0 Å². The van der Waals surface area contributed by atoms with E-state index in [-0.39, 0.29) is 36.3 Å². The van der Waals surface area contributed by atoms with E-state index in [0.717, 1.165) is 183 Å². The molecule has 0 atom stereocenters. The van der Waals surface area contributed by atoms with Gasteiger partial charge in [-0.25, -0.2) is 9.97 Å². The van der Waals surface area contributed by atoms with Gasteiger partial charge < -0.3 is 81.2 Å². The SMILES string of the molecule is CCN(c1cc(-c2ccc(OCCOCCOCCOCCOCCO)cc2)cc(C(=O)CCc2c(C)cc(C)nc2OCc2ccccc2)c1C)C1CCOCC1.CCN(c1cc(-c2ccc(OCCOCCOCCOCCOCCOS(=O)(=O)c3ccc(C)cc3)cc2)cc(C(=O)CCc2c(C)cc(C)nc2OCc2ccccc2)c1C)C1CCOCC1. The van der Waals surface area contributed by atoms with Crippen LogP contribution in [0.15, 0.2) is 175 Å². The first-order valence-corrected chi connectivity index (χ1v) is 45.8. The number of benzene rings is 7. The maximum absolute atomic E-state index is 14.4. The Bertz CT molecular complexity index is 4840. The normalized spacial score (nSPS) is 13.1. The molecule has 0 spiro atoms. The molecule has 24 nitrogen and oxygen atoms in total. The molecular weight excluding hydrogens is 1620 g/mol. The Kier molecular flexibility index (Phi) is 42.2. The number of aliphatic hydroxyl groups is 1. The third-order valence-corrected chi connectivity index (χ3v) is 23.4. The zero-order valence-electron chi connectivity index (χ0n) is 75.2. The van der Waals surface area contributed by atoms with Crippen molar-refractivity contribution in [3.05, 3.63) is 242 Å². The van der Waals surface area contributed by atoms with Crippen LogP contribution in [0.4, 0.5) is 11.4 Å². The number of aromatic nitrogens is 2. The van der Waals surface area contributed by atoms with Crippen LogP contribution in [0.1, 0.15) is 135 Å². The van der Waals surface area contributed by atoms with E-state index in [2.05, 4.69) is 93.8 Å². The number of rotatable bonds is 55. The van der Waals surface area contributed by atoms with Gasteiger partial charge in [0.1, 0.15) is 37.9 Å². The number of hydrogen-bond donors (Lipinski definition) is 1. The predicted octanol–water partition coefficient (Wildman–Crippen LogP) is 16.7. The van der Waals surface area contributed by atoms with Gasteiger partial charge in [0.2, 0.25) is 11.8 Å². The summed E-state index contributed by atoms with van der Waals surface area (Å²) in [4.78, 5) is 43.3. The van der Waals surface area contributed by atoms with Gasteiger partial charge in [-0.15, -0.1) is 0 Å². The fraction of sp³-hybridized carbons (Fsp3) is 0.465. The quantitative estimate of drug-likeness (QED) is 0.0211. The van der Waals surface area contributed by atoms with Gasteiger partial charge in [-0.05, 0) is 229 Å². The molecule has 0 radical (unpaired) electrons. The number of carbonyl (C=O) groups excluding carboxylic acids is 2. The van der Waals surface area contributed by atoms with Crippen molar-refractivity contribution in [2.75, 3.05) is 181 Å². The van der Waals surface area contributed by atoms with Crippen molar-refractivity contribution in [2.24, 2.45) is 0 Å². The van der Waals surface area contributed by atoms with Crippen LogP contribution in [0.25, 0.3) is 22.3 Å². The molecule has 2 saturated heterocycles. The maximum Gasteiger partial charge on any atom is 0.297 e. The van der Waals surface area contributed by atoms with Gasteiger partial charge in [-0.3, -0.25) is 13.8 Å². The average molecular weight is 1750 g/mol. The van der Waals surface area contributed by atoms with Crippen molar-refractivity contribution in [3.8, 4) is 45.5 Å². The Morgan fingerprint density at radius 1 is 0.405 bits per heavy atom. The monoisotopic (exact) mass is 1750 g/mol. The van der Waals surface area contributed by atoms with Gasteiger partial charge in [0, 0.05) is 109 Å². The van der Waals surface area contributed by atoms with Crippen molar-refractivity contribution >= 4 is 33.1 Å². The summed E-state index contributed by atoms with van der Waals surface area (Å²) < 4.78 is 109. The van der Waals surface area contributed by atoms with Crippen LogP contribution in [-0.2, 0) is 87.7 Å². The second-order valence-corrected chi connectivity index (χ2v) is 32.8. The van der Waals surface area contributed by atoms with E-state index in [9.17, 15) is 18.0 Å². The highest BCUT2D eigenvalue weighted by Gasteiger charge is 2.29. The first-order valence-electron chi connectivity index (χ1n) is 44.4. The molecular formula is C101H130N4O20S. The van der Waals surface area contributed by atoms with Crippen molar-refractivity contribution in [1.82, 2.24) is 9.97 Å². The summed E-state index contributed by atoms with van der Waals surface area (Å²) in [6.07, 6.45) is 5.47. The van der Waals surface area contributed by atoms with Crippen LogP contribution in [0.5, 0.6) is 23.3 Å². The second kappa shape index (κ2) is 53.9. The molecule has 0 unspecified atom stereocenters. The highest BCUT2D eigenvalue weighted by atomic mass is 32.2. The molecule has 1 N–H and O–H groups in total. The van der Waals surface area contributed by atoms with Gasteiger partial charge in [-0.1, -0.05) is 103 Å². The summed E-state index contributed by atoms with van der Waals surface area (Å²) >= 11 is 0. The number of anilines is 2. The summed E-state index contributed by atoms with van der Waals surface area (Å²) in [5.74, 6) is 2.82. The minimum atomic E-state index is -3.80. The molecule has 680 valence electrons. The number of ketones is 2. The molecule has 0 bridgehead atoms. The minimum absolute atomic E-state index is 0.0136. The van der Waals surface area contributed by atoms with Crippen LogP contribution < -0.4 is 28.7 Å². The number of ether oxygens (including phenoxy) is 14. The van der Waals surface area contributed by atoms with Crippen molar-refractivity contribution in [2.45, 2.75) is 144 Å². The van der Waals surface area contributed by atoms with Crippen LogP contribution in [0.2, 0.25) is 0 Å². The summed E-state index contributed by atoms with van der Waals surface area (Å²) in [5.41, 5.74) is 18.5. The van der Waals surface area contributed by atoms with Gasteiger partial charge >= 0.3 is 0 Å². The summed E-state index contributed by atoms with van der Waals surface area (Å²) in [6, 6.07) is 56.0. The van der Waals surface area contributed by atoms with Gasteiger partial charge in [0.05, 0.1) is 124 Å². The van der Waals surface area contributed by atoms with E-state index in [1.54, 1.807) is 12.1 Å². The third-order valence-electron chi connectivity index (χ3n) is 22.1. The largest absolute Gasteiger partial charge is 0.491 e. The molecule has 0 saturated carbocycles. The number of pyridine rings is 2. The third kappa shape index (κ3) is 32.0. The van der Waals surface area contributed by atoms with E-state index in [1.165, 1.54) is 12.1 Å². The zero-order valence-corrected chi connectivity index (χ0v) is 76.0. The molecule has 2 aliphatic rings. The van der Waals surface area contributed by atoms with E-state index < -0.39 is 10.1 Å². The Balaban J connectivity index is 0.000000266. The highest BCUT2D eigenvalue weighted by molar-refractivity contribution is 7.86. The molecule has 2 aromatic heterocycles. The van der Waals surface area contributed by atoms with Crippen LogP contribution in [-0.4, -0.2) is 219 Å². The number of aliphatic hydroxyl groups excluding tert-OH is 1. The predicted molar refractivity (Wildman–Crippen MR) is 490 cm³/mol. The first-order chi connectivity index (χ1) is 61.4. The lowest BCUT2D eigenvalue weighted by molar-refractivity contribution is -0.00779. The number of aryl methyl sites for hydroxylation is 5. The Morgan fingerprint density at radius 2 is 0.754 bits per heavy atom. The smallest absolute Gasteiger partial charge is 0.297 e. The highest BCUT2D eigenvalue weighted by Crippen LogP contribution is 2.39. The molecule has 2 aliphatic heterocycles. The van der Waals surface area contributed by atoms with Crippen molar-refractivity contribution < 1.29 is 93.6 Å². The molecule has 7 aromatic carbocycles. The van der Waals surface area contributed by atoms with E-state index in [0.29, 0.717) is 175 Å². The van der Waals surface area contributed by atoms with Gasteiger partial charge in [-0.2, -0.15) is 8.42 Å². The number of hydrogen-bond acceptors (Lipinski definition) is 24. The molecule has 4 heterocycles. The van der Waals surface area contributed by atoms with Gasteiger partial charge in [0.25, 0.3) is 10.1 Å². The standard InChI is InChI=1S/C54H68N2O11S.C47H62N2O9/c1-6-56(47-22-24-60-25-23-47)52-38-46(37-51(43(52)5)53(57)21-20-50-41(3)36-42(4)55-54(50)66-39-44-10-8-7-9-11-44)45-14-16-48(17-15-45)65-34-32-63-30-28-61-26-27-62-29-31-64-33-35-67-68(58,59)49-18-12-40(2)13-19-49;1-5-49(41-17-20-52-21-18-41)45-33-40(39-11-13-42(14-12-39)57-30-29-56-28-27-55-26-25-54-24-23-53-22-19-50)32-44(37(45)4)46(51)16-15-43-35(2)31-36(3)48-47(43)58-34-38-9-7-6-8-10-38/h7-19,36-38,47H,6,20-35,39H2,1-5H3;6-14,31-33,41,50H,5,15-30,34H2,1-4H3. The zero-order chi connectivity index (χ0) is 89.1. The molecule has 2 fully saturated rings. The second-order valence-electron chi connectivity index (χ2n) is 31.2. The lowest BCUT2D eigenvalue weighted by Crippen LogP contribution is -2.40. The van der Waals surface area contributed by atoms with Gasteiger partial charge in [0.15, 0.2) is 11.6 Å². The summed E-state index contributed by atoms with van der Waals surface area (Å²) in [7, 11) is -3.80. The first kappa shape index (κ1) is 98.6. The fourth-order valence-corrected chi connectivity index (χ4v) is 16.2. The summed E-state index contributed by atoms with van der Waals surface area (Å²) in [5, 5.41) is 8.70. The number of Topliss-reactive ketones (excluding diaryl/α,β-unsaturated/α-hetero) is 2. The number of carbonyl (C=O) groups is 2. The van der Waals surface area contributed by atoms with Crippen molar-refractivity contribution in [1.29, 1.82) is 0 Å². The Hall–Kier alpha value is -9.55. The lowest BCUT2D eigenvalue weighted by atomic mass is 9.91. The van der Waals surface area contributed by atoms with Crippen LogP contribution in [0, 0.1) is 48.5 Å². The van der Waals surface area contributed by atoms with E-state index >= 15 is 0 Å².